The number of aromatic hydroxyl groups is 4. The first-order valence-corrected chi connectivity index (χ1v) is 12.3. The molecule has 1 atom stereocenters. The van der Waals surface area contributed by atoms with Gasteiger partial charge in [0, 0.05) is 33.4 Å². The van der Waals surface area contributed by atoms with E-state index < -0.39 is 46.8 Å². The van der Waals surface area contributed by atoms with Gasteiger partial charge < -0.3 is 34.6 Å². The maximum Gasteiger partial charge on any atom is 0.345 e. The molecule has 39 heavy (non-hydrogen) atoms. The van der Waals surface area contributed by atoms with Gasteiger partial charge in [0.2, 0.25) is 12.1 Å². The van der Waals surface area contributed by atoms with Gasteiger partial charge in [-0.2, -0.15) is 0 Å². The van der Waals surface area contributed by atoms with Crippen molar-refractivity contribution in [3.63, 3.8) is 0 Å². The predicted molar refractivity (Wildman–Crippen MR) is 135 cm³/mol. The average Bonchev–Trinajstić information content (AvgIpc) is 3.19. The van der Waals surface area contributed by atoms with Gasteiger partial charge in [0.15, 0.2) is 5.78 Å². The van der Waals surface area contributed by atoms with Crippen molar-refractivity contribution < 1.29 is 49.0 Å². The molecule has 0 amide bonds. The Morgan fingerprint density at radius 1 is 0.846 bits per heavy atom. The molecular weight excluding hydrogens is 508 g/mol. The summed E-state index contributed by atoms with van der Waals surface area (Å²) >= 11 is 0. The summed E-state index contributed by atoms with van der Waals surface area (Å²) < 4.78 is 16.7. The second-order valence-corrected chi connectivity index (χ2v) is 10.1. The monoisotopic (exact) mass is 532 g/mol. The zero-order valence-electron chi connectivity index (χ0n) is 21.5. The lowest BCUT2D eigenvalue weighted by molar-refractivity contribution is -0.127. The number of methoxy groups -OCH3 is 1. The number of carbonyl (C=O) groups is 3. The van der Waals surface area contributed by atoms with Crippen LogP contribution in [0.15, 0.2) is 12.1 Å². The molecule has 0 radical (unpaired) electrons. The number of rotatable bonds is 3. The fourth-order valence-corrected chi connectivity index (χ4v) is 5.81. The lowest BCUT2D eigenvalue weighted by Gasteiger charge is -2.30. The molecule has 2 aliphatic carbocycles. The van der Waals surface area contributed by atoms with Crippen LogP contribution in [-0.4, -0.2) is 51.2 Å². The summed E-state index contributed by atoms with van der Waals surface area (Å²) in [5, 5.41) is 43.8. The molecule has 1 aliphatic heterocycles. The minimum atomic E-state index is -1.00. The number of hydrogen-bond donors (Lipinski definition) is 4. The van der Waals surface area contributed by atoms with Gasteiger partial charge >= 0.3 is 5.97 Å². The third kappa shape index (κ3) is 3.15. The van der Waals surface area contributed by atoms with Gasteiger partial charge in [-0.1, -0.05) is 0 Å². The Kier molecular flexibility index (Phi) is 5.21. The van der Waals surface area contributed by atoms with Crippen LogP contribution in [0.1, 0.15) is 84.6 Å². The quantitative estimate of drug-likeness (QED) is 0.284. The molecule has 0 saturated heterocycles. The first-order chi connectivity index (χ1) is 18.5. The molecule has 0 fully saturated rings. The number of phenolic OH excluding ortho intramolecular Hbond substituents is 4. The number of cyclic esters (lactones) is 1. The fourth-order valence-electron chi connectivity index (χ4n) is 5.81. The molecule has 10 nitrogen and oxygen atoms in total. The van der Waals surface area contributed by atoms with E-state index in [1.54, 1.807) is 19.9 Å². The topological polar surface area (TPSA) is 160 Å². The van der Waals surface area contributed by atoms with Gasteiger partial charge in [-0.25, -0.2) is 4.79 Å². The number of benzene rings is 3. The maximum atomic E-state index is 13.7. The Morgan fingerprint density at radius 3 is 2.21 bits per heavy atom. The number of esters is 1. The lowest BCUT2D eigenvalue weighted by Crippen LogP contribution is -2.24. The van der Waals surface area contributed by atoms with Crippen molar-refractivity contribution in [3.05, 3.63) is 62.2 Å². The minimum Gasteiger partial charge on any atom is -0.508 e. The van der Waals surface area contributed by atoms with Crippen molar-refractivity contribution in [3.8, 4) is 39.9 Å². The summed E-state index contributed by atoms with van der Waals surface area (Å²) in [5.74, 6) is -4.31. The van der Waals surface area contributed by atoms with Crippen molar-refractivity contribution in [2.75, 3.05) is 7.11 Å². The molecule has 3 aromatic rings. The highest BCUT2D eigenvalue weighted by Crippen LogP contribution is 2.55. The minimum absolute atomic E-state index is 0.0149. The van der Waals surface area contributed by atoms with E-state index >= 15 is 0 Å². The summed E-state index contributed by atoms with van der Waals surface area (Å²) in [6.45, 7) is 4.97. The van der Waals surface area contributed by atoms with E-state index in [0.717, 1.165) is 6.07 Å². The van der Waals surface area contributed by atoms with E-state index in [1.165, 1.54) is 14.0 Å². The third-order valence-electron chi connectivity index (χ3n) is 7.56. The molecular formula is C29H24O10. The first-order valence-electron chi connectivity index (χ1n) is 12.3. The number of hydrogen-bond acceptors (Lipinski definition) is 10. The van der Waals surface area contributed by atoms with Gasteiger partial charge in [-0.3, -0.25) is 9.59 Å². The Bertz CT molecular complexity index is 1680. The SMILES string of the molecule is COc1c2c(c(O)c3c1C(=O)c1c(cc(O)c(C)c1O)C3=O)-c1c(cc3c(c1O)C(=O)OC3OC(C)C)CC2. The molecule has 200 valence electrons. The smallest absolute Gasteiger partial charge is 0.345 e. The summed E-state index contributed by atoms with van der Waals surface area (Å²) in [4.78, 5) is 40.1. The fraction of sp³-hybridized carbons (Fsp3) is 0.276. The number of aryl methyl sites for hydroxylation is 1. The van der Waals surface area contributed by atoms with E-state index in [4.69, 9.17) is 14.2 Å². The number of phenols is 4. The summed E-state index contributed by atoms with van der Waals surface area (Å²) in [5.41, 5.74) is 0.204. The van der Waals surface area contributed by atoms with Crippen LogP contribution in [0.2, 0.25) is 0 Å². The predicted octanol–water partition coefficient (Wildman–Crippen LogP) is 3.96. The summed E-state index contributed by atoms with van der Waals surface area (Å²) in [6.07, 6.45) is -0.653. The van der Waals surface area contributed by atoms with Crippen LogP contribution in [0.4, 0.5) is 0 Å². The van der Waals surface area contributed by atoms with E-state index in [2.05, 4.69) is 0 Å². The Labute approximate surface area is 222 Å². The van der Waals surface area contributed by atoms with Crippen molar-refractivity contribution >= 4 is 17.5 Å². The van der Waals surface area contributed by atoms with E-state index in [0.29, 0.717) is 23.1 Å². The molecule has 4 N–H and O–H groups in total. The molecule has 0 saturated carbocycles. The lowest BCUT2D eigenvalue weighted by atomic mass is 9.75. The highest BCUT2D eigenvalue weighted by molar-refractivity contribution is 6.32. The van der Waals surface area contributed by atoms with Gasteiger partial charge in [-0.15, -0.1) is 0 Å². The van der Waals surface area contributed by atoms with E-state index in [1.807, 2.05) is 0 Å². The average molecular weight is 533 g/mol. The number of ether oxygens (including phenoxy) is 3. The molecule has 3 aromatic carbocycles. The van der Waals surface area contributed by atoms with Gasteiger partial charge in [-0.05, 0) is 51.3 Å². The third-order valence-corrected chi connectivity index (χ3v) is 7.56. The zero-order valence-corrected chi connectivity index (χ0v) is 21.5. The molecule has 0 aromatic heterocycles. The van der Waals surface area contributed by atoms with Crippen LogP contribution >= 0.6 is 0 Å². The van der Waals surface area contributed by atoms with Crippen molar-refractivity contribution in [1.82, 2.24) is 0 Å². The molecule has 3 aliphatic rings. The van der Waals surface area contributed by atoms with E-state index in [9.17, 15) is 34.8 Å². The van der Waals surface area contributed by atoms with Crippen LogP contribution in [0, 0.1) is 6.92 Å². The molecule has 0 spiro atoms. The molecule has 1 unspecified atom stereocenters. The highest BCUT2D eigenvalue weighted by Gasteiger charge is 2.44. The highest BCUT2D eigenvalue weighted by atomic mass is 16.7. The number of fused-ring (bicyclic) bond motifs is 6. The first kappa shape index (κ1) is 24.7. The second kappa shape index (κ2) is 8.21. The van der Waals surface area contributed by atoms with Gasteiger partial charge in [0.05, 0.1) is 29.9 Å². The second-order valence-electron chi connectivity index (χ2n) is 10.1. The van der Waals surface area contributed by atoms with Crippen LogP contribution in [0.3, 0.4) is 0 Å². The Hall–Kier alpha value is -4.57. The summed E-state index contributed by atoms with van der Waals surface area (Å²) in [7, 11) is 1.31. The number of ketones is 2. The zero-order chi connectivity index (χ0) is 28.1. The Morgan fingerprint density at radius 2 is 1.54 bits per heavy atom. The molecule has 10 heteroatoms. The van der Waals surface area contributed by atoms with Gasteiger partial charge in [0.25, 0.3) is 0 Å². The van der Waals surface area contributed by atoms with E-state index in [-0.39, 0.29) is 62.8 Å². The summed E-state index contributed by atoms with van der Waals surface area (Å²) in [6, 6.07) is 2.75. The van der Waals surface area contributed by atoms with Crippen molar-refractivity contribution in [1.29, 1.82) is 0 Å². The Balaban J connectivity index is 1.65. The van der Waals surface area contributed by atoms with Crippen LogP contribution < -0.4 is 4.74 Å². The normalized spacial score (nSPS) is 16.8. The largest absolute Gasteiger partial charge is 0.508 e. The van der Waals surface area contributed by atoms with Crippen LogP contribution in [0.25, 0.3) is 11.1 Å². The van der Waals surface area contributed by atoms with Crippen LogP contribution in [0.5, 0.6) is 28.7 Å². The molecule has 6 rings (SSSR count). The van der Waals surface area contributed by atoms with Crippen LogP contribution in [-0.2, 0) is 22.3 Å². The molecule has 0 bridgehead atoms. The number of carbonyl (C=O) groups excluding carboxylic acids is 3. The van der Waals surface area contributed by atoms with Crippen molar-refractivity contribution in [2.24, 2.45) is 0 Å². The standard InChI is InChI=1S/C29H24O10/c1-9(2)38-29-14-7-11-5-6-12-17(16(11)24(33)19(14)28(36)39-29)25(34)20-21(27(12)37-4)26(35)18-13(23(20)32)8-15(30)10(3)22(18)31/h7-9,29-31,33-34H,5-6H2,1-4H3. The van der Waals surface area contributed by atoms with Gasteiger partial charge in [0.1, 0.15) is 34.3 Å². The maximum absolute atomic E-state index is 13.7. The van der Waals surface area contributed by atoms with Crippen molar-refractivity contribution in [2.45, 2.75) is 46.0 Å². The molecule has 1 heterocycles.